The van der Waals surface area contributed by atoms with Gasteiger partial charge in [-0.1, -0.05) is 17.7 Å². The lowest BCUT2D eigenvalue weighted by Crippen LogP contribution is -2.37. The monoisotopic (exact) mass is 239 g/mol. The van der Waals surface area contributed by atoms with Gasteiger partial charge in [-0.25, -0.2) is 13.8 Å². The molecule has 2 N–H and O–H groups in total. The quantitative estimate of drug-likeness (QED) is 0.585. The van der Waals surface area contributed by atoms with Crippen LogP contribution in [-0.2, 0) is 10.0 Å². The van der Waals surface area contributed by atoms with Crippen LogP contribution in [0.2, 0.25) is 0 Å². The number of hydrogen-bond acceptors (Lipinski definition) is 4. The first-order valence-corrected chi connectivity index (χ1v) is 6.23. The van der Waals surface area contributed by atoms with Crippen molar-refractivity contribution in [2.75, 3.05) is 6.54 Å². The third kappa shape index (κ3) is 3.62. The maximum Gasteiger partial charge on any atom is 0.253 e. The molecule has 6 heteroatoms. The fourth-order valence-corrected chi connectivity index (χ4v) is 1.95. The number of nitrogens with one attached hydrogen (secondary N) is 2. The summed E-state index contributed by atoms with van der Waals surface area (Å²) in [6.45, 7) is 2.16. The molecule has 0 radical (unpaired) electrons. The molecular formula is C10H13N3O2S. The number of hydrazine groups is 1. The van der Waals surface area contributed by atoms with Crippen molar-refractivity contribution in [1.82, 2.24) is 10.3 Å². The zero-order valence-corrected chi connectivity index (χ0v) is 9.71. The number of sulfonamides is 1. The summed E-state index contributed by atoms with van der Waals surface area (Å²) in [5, 5.41) is 8.28. The first kappa shape index (κ1) is 12.6. The molecule has 0 atom stereocenters. The van der Waals surface area contributed by atoms with Crippen molar-refractivity contribution in [2.45, 2.75) is 18.2 Å². The summed E-state index contributed by atoms with van der Waals surface area (Å²) in [4.78, 5) is 2.40. The lowest BCUT2D eigenvalue weighted by atomic mass is 10.2. The highest BCUT2D eigenvalue weighted by molar-refractivity contribution is 7.89. The zero-order valence-electron chi connectivity index (χ0n) is 8.90. The van der Waals surface area contributed by atoms with Crippen LogP contribution in [0.3, 0.4) is 0 Å². The topological polar surface area (TPSA) is 82.0 Å². The standard InChI is InChI=1S/C10H13N3O2S/c1-9-3-5-10(6-4-9)16(14,15)13-12-8-2-7-11/h3-6,12-13H,2,8H2,1H3. The first-order valence-electron chi connectivity index (χ1n) is 4.74. The second kappa shape index (κ2) is 5.61. The Morgan fingerprint density at radius 2 is 1.94 bits per heavy atom. The zero-order chi connectivity index (χ0) is 12.0. The van der Waals surface area contributed by atoms with Crippen LogP contribution in [0.1, 0.15) is 12.0 Å². The van der Waals surface area contributed by atoms with E-state index in [9.17, 15) is 8.42 Å². The molecule has 5 nitrogen and oxygen atoms in total. The summed E-state index contributed by atoms with van der Waals surface area (Å²) in [6, 6.07) is 8.42. The summed E-state index contributed by atoms with van der Waals surface area (Å²) in [7, 11) is -3.53. The second-order valence-corrected chi connectivity index (χ2v) is 4.94. The van der Waals surface area contributed by atoms with Gasteiger partial charge >= 0.3 is 0 Å². The lowest BCUT2D eigenvalue weighted by molar-refractivity contribution is 0.557. The van der Waals surface area contributed by atoms with Crippen molar-refractivity contribution < 1.29 is 8.42 Å². The smallest absolute Gasteiger partial charge is 0.243 e. The van der Waals surface area contributed by atoms with Gasteiger partial charge in [0.05, 0.1) is 11.0 Å². The second-order valence-electron chi connectivity index (χ2n) is 3.25. The molecule has 86 valence electrons. The summed E-state index contributed by atoms with van der Waals surface area (Å²) in [5.41, 5.74) is 3.48. The van der Waals surface area contributed by atoms with Crippen molar-refractivity contribution >= 4 is 10.0 Å². The number of aryl methyl sites for hydroxylation is 1. The molecule has 1 rings (SSSR count). The summed E-state index contributed by atoms with van der Waals surface area (Å²) in [5.74, 6) is 0. The Kier molecular flexibility index (Phi) is 4.43. The molecular weight excluding hydrogens is 226 g/mol. The summed E-state index contributed by atoms with van der Waals surface area (Å²) < 4.78 is 23.3. The molecule has 0 saturated heterocycles. The van der Waals surface area contributed by atoms with Gasteiger partial charge in [-0.2, -0.15) is 5.26 Å². The molecule has 1 aromatic carbocycles. The Morgan fingerprint density at radius 3 is 2.50 bits per heavy atom. The molecule has 0 aliphatic rings. The van der Waals surface area contributed by atoms with E-state index >= 15 is 0 Å². The van der Waals surface area contributed by atoms with Crippen LogP contribution < -0.4 is 10.3 Å². The average Bonchev–Trinajstić information content (AvgIpc) is 2.25. The number of rotatable bonds is 5. The molecule has 0 fully saturated rings. The molecule has 0 unspecified atom stereocenters. The van der Waals surface area contributed by atoms with Crippen molar-refractivity contribution in [3.63, 3.8) is 0 Å². The van der Waals surface area contributed by atoms with Crippen molar-refractivity contribution in [3.05, 3.63) is 29.8 Å². The van der Waals surface area contributed by atoms with E-state index in [4.69, 9.17) is 5.26 Å². The van der Waals surface area contributed by atoms with E-state index in [2.05, 4.69) is 10.3 Å². The van der Waals surface area contributed by atoms with E-state index in [1.165, 1.54) is 12.1 Å². The van der Waals surface area contributed by atoms with Crippen LogP contribution in [0.5, 0.6) is 0 Å². The highest BCUT2D eigenvalue weighted by atomic mass is 32.2. The lowest BCUT2D eigenvalue weighted by Gasteiger charge is -2.06. The number of nitriles is 1. The van der Waals surface area contributed by atoms with Gasteiger partial charge in [0.1, 0.15) is 0 Å². The highest BCUT2D eigenvalue weighted by Gasteiger charge is 2.12. The Balaban J connectivity index is 2.64. The highest BCUT2D eigenvalue weighted by Crippen LogP contribution is 2.08. The van der Waals surface area contributed by atoms with Crippen molar-refractivity contribution in [3.8, 4) is 6.07 Å². The number of hydrogen-bond donors (Lipinski definition) is 2. The van der Waals surface area contributed by atoms with Crippen LogP contribution in [0.25, 0.3) is 0 Å². The molecule has 1 aromatic rings. The Bertz CT molecular complexity index is 474. The predicted molar refractivity (Wildman–Crippen MR) is 59.7 cm³/mol. The van der Waals surface area contributed by atoms with E-state index < -0.39 is 10.0 Å². The van der Waals surface area contributed by atoms with Crippen molar-refractivity contribution in [2.24, 2.45) is 0 Å². The van der Waals surface area contributed by atoms with E-state index in [0.29, 0.717) is 0 Å². The SMILES string of the molecule is Cc1ccc(S(=O)(=O)NNCCC#N)cc1. The maximum atomic E-state index is 11.7. The van der Waals surface area contributed by atoms with Gasteiger partial charge in [-0.3, -0.25) is 0 Å². The largest absolute Gasteiger partial charge is 0.253 e. The average molecular weight is 239 g/mol. The fourth-order valence-electron chi connectivity index (χ4n) is 1.04. The van der Waals surface area contributed by atoms with Gasteiger partial charge in [-0.05, 0) is 19.1 Å². The van der Waals surface area contributed by atoms with Gasteiger partial charge in [0, 0.05) is 13.0 Å². The van der Waals surface area contributed by atoms with Crippen LogP contribution in [0.15, 0.2) is 29.2 Å². The molecule has 0 aromatic heterocycles. The van der Waals surface area contributed by atoms with Gasteiger partial charge < -0.3 is 0 Å². The van der Waals surface area contributed by atoms with E-state index in [1.54, 1.807) is 12.1 Å². The molecule has 0 saturated carbocycles. The van der Waals surface area contributed by atoms with Gasteiger partial charge in [-0.15, -0.1) is 4.83 Å². The molecule has 0 heterocycles. The predicted octanol–water partition coefficient (Wildman–Crippen LogP) is 0.692. The maximum absolute atomic E-state index is 11.7. The number of nitrogens with zero attached hydrogens (tertiary/aromatic N) is 1. The fraction of sp³-hybridized carbons (Fsp3) is 0.300. The van der Waals surface area contributed by atoms with Gasteiger partial charge in [0.15, 0.2) is 0 Å². The molecule has 0 bridgehead atoms. The minimum atomic E-state index is -3.53. The van der Waals surface area contributed by atoms with Gasteiger partial charge in [0.2, 0.25) is 0 Å². The summed E-state index contributed by atoms with van der Waals surface area (Å²) in [6.07, 6.45) is 0.246. The molecule has 0 aliphatic heterocycles. The van der Waals surface area contributed by atoms with Crippen LogP contribution >= 0.6 is 0 Å². The molecule has 0 spiro atoms. The van der Waals surface area contributed by atoms with E-state index in [1.807, 2.05) is 13.0 Å². The van der Waals surface area contributed by atoms with Crippen LogP contribution in [-0.4, -0.2) is 15.0 Å². The molecule has 16 heavy (non-hydrogen) atoms. The minimum Gasteiger partial charge on any atom is -0.243 e. The minimum absolute atomic E-state index is 0.197. The molecule has 0 aliphatic carbocycles. The third-order valence-electron chi connectivity index (χ3n) is 1.90. The van der Waals surface area contributed by atoms with Crippen molar-refractivity contribution in [1.29, 1.82) is 5.26 Å². The van der Waals surface area contributed by atoms with Crippen LogP contribution in [0, 0.1) is 18.3 Å². The normalized spacial score (nSPS) is 11.0. The Morgan fingerprint density at radius 1 is 1.31 bits per heavy atom. The first-order chi connectivity index (χ1) is 7.56. The third-order valence-corrected chi connectivity index (χ3v) is 3.21. The Hall–Kier alpha value is -1.42. The summed E-state index contributed by atoms with van der Waals surface area (Å²) >= 11 is 0. The van der Waals surface area contributed by atoms with Gasteiger partial charge in [0.25, 0.3) is 10.0 Å². The molecule has 0 amide bonds. The van der Waals surface area contributed by atoms with E-state index in [0.717, 1.165) is 5.56 Å². The van der Waals surface area contributed by atoms with E-state index in [-0.39, 0.29) is 17.9 Å². The van der Waals surface area contributed by atoms with Crippen LogP contribution in [0.4, 0.5) is 0 Å². The number of benzene rings is 1. The Labute approximate surface area is 95.1 Å².